The topological polar surface area (TPSA) is 26.3 Å². The van der Waals surface area contributed by atoms with Crippen LogP contribution in [0, 0.1) is 0 Å². The third kappa shape index (κ3) is 3.77. The molecule has 0 amide bonds. The van der Waals surface area contributed by atoms with Crippen molar-refractivity contribution in [3.63, 3.8) is 0 Å². The van der Waals surface area contributed by atoms with Crippen molar-refractivity contribution in [3.05, 3.63) is 29.6 Å². The van der Waals surface area contributed by atoms with Crippen molar-refractivity contribution in [3.8, 4) is 0 Å². The molecule has 2 nitrogen and oxygen atoms in total. The van der Waals surface area contributed by atoms with Crippen LogP contribution in [-0.4, -0.2) is 12.6 Å². The highest BCUT2D eigenvalue weighted by molar-refractivity contribution is 8.33. The van der Waals surface area contributed by atoms with Crippen LogP contribution in [0.2, 0.25) is 0 Å². The van der Waals surface area contributed by atoms with Crippen LogP contribution in [0.3, 0.4) is 0 Å². The van der Waals surface area contributed by atoms with E-state index in [-0.39, 0.29) is 5.97 Å². The highest BCUT2D eigenvalue weighted by atomic mass is 32.2. The van der Waals surface area contributed by atoms with Crippen molar-refractivity contribution < 1.29 is 9.53 Å². The van der Waals surface area contributed by atoms with E-state index in [0.29, 0.717) is 11.5 Å². The van der Waals surface area contributed by atoms with Gasteiger partial charge in [-0.05, 0) is 22.6 Å². The van der Waals surface area contributed by atoms with Gasteiger partial charge in [0.2, 0.25) is 0 Å². The highest BCUT2D eigenvalue weighted by Crippen LogP contribution is 2.53. The van der Waals surface area contributed by atoms with Crippen LogP contribution >= 0.6 is 47.0 Å². The molecule has 2 rings (SSSR count). The number of rotatable bonds is 4. The fourth-order valence-corrected chi connectivity index (χ4v) is 5.45. The van der Waals surface area contributed by atoms with E-state index in [1.54, 1.807) is 35.3 Å². The average Bonchev–Trinajstić information content (AvgIpc) is 3.00. The maximum Gasteiger partial charge on any atom is 0.345 e. The zero-order valence-electron chi connectivity index (χ0n) is 9.30. The lowest BCUT2D eigenvalue weighted by molar-refractivity contribution is -0.138. The summed E-state index contributed by atoms with van der Waals surface area (Å²) in [6, 6.07) is 0. The number of thioether (sulfide) groups is 4. The molecule has 0 saturated carbocycles. The molecule has 0 aromatic carbocycles. The Morgan fingerprint density at radius 2 is 2.00 bits per heavy atom. The van der Waals surface area contributed by atoms with Crippen LogP contribution in [0.4, 0.5) is 0 Å². The Kier molecular flexibility index (Phi) is 5.47. The van der Waals surface area contributed by atoms with E-state index in [4.69, 9.17) is 4.74 Å². The average molecular weight is 304 g/mol. The van der Waals surface area contributed by atoms with Gasteiger partial charge in [-0.25, -0.2) is 4.79 Å². The number of unbranched alkanes of at least 4 members (excludes halogenated alkanes) is 1. The Balaban J connectivity index is 1.84. The fourth-order valence-electron chi connectivity index (χ4n) is 1.12. The van der Waals surface area contributed by atoms with Crippen LogP contribution in [0.5, 0.6) is 0 Å². The highest BCUT2D eigenvalue weighted by Gasteiger charge is 2.23. The number of hydrogen-bond donors (Lipinski definition) is 0. The lowest BCUT2D eigenvalue weighted by atomic mass is 10.4. The minimum absolute atomic E-state index is 0.187. The first kappa shape index (κ1) is 13.5. The molecule has 0 aliphatic carbocycles. The van der Waals surface area contributed by atoms with E-state index in [1.165, 1.54) is 20.2 Å². The SMILES string of the molecule is CCCCOC(=O)C1=CSC(=C2SC=CS2)S1. The summed E-state index contributed by atoms with van der Waals surface area (Å²) in [5.74, 6) is -0.187. The summed E-state index contributed by atoms with van der Waals surface area (Å²) in [7, 11) is 0. The molecule has 0 aromatic heterocycles. The molecule has 2 heterocycles. The van der Waals surface area contributed by atoms with Gasteiger partial charge >= 0.3 is 5.97 Å². The summed E-state index contributed by atoms with van der Waals surface area (Å²) in [4.78, 5) is 12.4. The molecule has 0 N–H and O–H groups in total. The Morgan fingerprint density at radius 1 is 1.24 bits per heavy atom. The van der Waals surface area contributed by atoms with E-state index in [2.05, 4.69) is 17.7 Å². The first-order valence-electron chi connectivity index (χ1n) is 5.25. The summed E-state index contributed by atoms with van der Waals surface area (Å²) in [5, 5.41) is 6.01. The summed E-state index contributed by atoms with van der Waals surface area (Å²) < 4.78 is 7.63. The van der Waals surface area contributed by atoms with Gasteiger partial charge in [-0.15, -0.1) is 0 Å². The lowest BCUT2D eigenvalue weighted by Gasteiger charge is -2.04. The first-order chi connectivity index (χ1) is 8.31. The van der Waals surface area contributed by atoms with E-state index in [9.17, 15) is 4.79 Å². The van der Waals surface area contributed by atoms with Gasteiger partial charge < -0.3 is 4.74 Å². The monoisotopic (exact) mass is 304 g/mol. The van der Waals surface area contributed by atoms with Gasteiger partial charge in [-0.1, -0.05) is 60.4 Å². The molecule has 2 aliphatic heterocycles. The Morgan fingerprint density at radius 3 is 2.71 bits per heavy atom. The predicted molar refractivity (Wildman–Crippen MR) is 80.5 cm³/mol. The zero-order chi connectivity index (χ0) is 12.1. The molecule has 0 atom stereocenters. The van der Waals surface area contributed by atoms with Crippen LogP contribution in [0.25, 0.3) is 0 Å². The molecule has 6 heteroatoms. The third-order valence-electron chi connectivity index (χ3n) is 1.98. The van der Waals surface area contributed by atoms with Crippen molar-refractivity contribution in [2.75, 3.05) is 6.61 Å². The van der Waals surface area contributed by atoms with E-state index in [0.717, 1.165) is 12.8 Å². The van der Waals surface area contributed by atoms with Gasteiger partial charge in [0.1, 0.15) is 4.91 Å². The molecule has 0 saturated heterocycles. The predicted octanol–water partition coefficient (Wildman–Crippen LogP) is 4.73. The molecule has 0 unspecified atom stereocenters. The van der Waals surface area contributed by atoms with Gasteiger partial charge in [0.15, 0.2) is 0 Å². The second kappa shape index (κ2) is 6.87. The molecular weight excluding hydrogens is 292 g/mol. The van der Waals surface area contributed by atoms with E-state index < -0.39 is 0 Å². The molecule has 2 aliphatic rings. The van der Waals surface area contributed by atoms with Gasteiger partial charge in [-0.2, -0.15) is 0 Å². The minimum atomic E-state index is -0.187. The van der Waals surface area contributed by atoms with Crippen LogP contribution in [0.1, 0.15) is 19.8 Å². The van der Waals surface area contributed by atoms with Gasteiger partial charge in [0.25, 0.3) is 0 Å². The summed E-state index contributed by atoms with van der Waals surface area (Å²) in [6.07, 6.45) is 1.98. The number of esters is 1. The summed E-state index contributed by atoms with van der Waals surface area (Å²) in [5.41, 5.74) is 0. The minimum Gasteiger partial charge on any atom is -0.462 e. The van der Waals surface area contributed by atoms with Crippen LogP contribution in [0.15, 0.2) is 29.6 Å². The zero-order valence-corrected chi connectivity index (χ0v) is 12.6. The second-order valence-electron chi connectivity index (χ2n) is 3.27. The Bertz CT molecular complexity index is 388. The molecule has 0 aromatic rings. The van der Waals surface area contributed by atoms with Crippen molar-refractivity contribution in [2.45, 2.75) is 19.8 Å². The van der Waals surface area contributed by atoms with Crippen molar-refractivity contribution in [1.29, 1.82) is 0 Å². The standard InChI is InChI=1S/C11H12O2S4/c1-2-3-4-13-9(12)8-7-16-11(17-8)10-14-5-6-15-10/h5-7H,2-4H2,1H3. The summed E-state index contributed by atoms with van der Waals surface area (Å²) >= 11 is 6.55. The van der Waals surface area contributed by atoms with Crippen LogP contribution in [-0.2, 0) is 9.53 Å². The van der Waals surface area contributed by atoms with Gasteiger partial charge in [0.05, 0.1) is 15.1 Å². The maximum absolute atomic E-state index is 11.7. The third-order valence-corrected chi connectivity index (χ3v) is 6.98. The smallest absolute Gasteiger partial charge is 0.345 e. The molecule has 0 spiro atoms. The largest absolute Gasteiger partial charge is 0.462 e. The second-order valence-corrected chi connectivity index (χ2v) is 7.56. The molecule has 0 bridgehead atoms. The Labute approximate surface area is 118 Å². The molecule has 0 radical (unpaired) electrons. The molecular formula is C11H12O2S4. The van der Waals surface area contributed by atoms with Gasteiger partial charge in [0, 0.05) is 0 Å². The number of hydrogen-bond acceptors (Lipinski definition) is 6. The maximum atomic E-state index is 11.7. The number of carbonyl (C=O) groups excluding carboxylic acids is 1. The van der Waals surface area contributed by atoms with E-state index >= 15 is 0 Å². The number of ether oxygens (including phenoxy) is 1. The molecule has 92 valence electrons. The normalized spacial score (nSPS) is 18.8. The van der Waals surface area contributed by atoms with Crippen molar-refractivity contribution >= 4 is 53.0 Å². The fraction of sp³-hybridized carbons (Fsp3) is 0.364. The van der Waals surface area contributed by atoms with Gasteiger partial charge in [-0.3, -0.25) is 0 Å². The summed E-state index contributed by atoms with van der Waals surface area (Å²) in [6.45, 7) is 2.60. The quantitative estimate of drug-likeness (QED) is 0.550. The molecule has 17 heavy (non-hydrogen) atoms. The lowest BCUT2D eigenvalue weighted by Crippen LogP contribution is -2.05. The first-order valence-corrected chi connectivity index (χ1v) is 8.71. The van der Waals surface area contributed by atoms with E-state index in [1.807, 2.05) is 5.41 Å². The van der Waals surface area contributed by atoms with Crippen molar-refractivity contribution in [2.24, 2.45) is 0 Å². The van der Waals surface area contributed by atoms with Crippen LogP contribution < -0.4 is 0 Å². The number of carbonyl (C=O) groups is 1. The molecule has 0 fully saturated rings. The Hall–Kier alpha value is 0.0900. The van der Waals surface area contributed by atoms with Crippen molar-refractivity contribution in [1.82, 2.24) is 0 Å².